The summed E-state index contributed by atoms with van der Waals surface area (Å²) in [7, 11) is 0. The maximum absolute atomic E-state index is 14.8. The SMILES string of the molecule is C=CCNC(=O)C(=O)[C@@H](CCCC)NC(=O)C1[C@@H](C(C)C)CCN1C(=O)C(NC(=O)N[C@H](COC(=O)NC(C)C)C(C)(C)C)C1Cc2ccccc2C1. The van der Waals surface area contributed by atoms with Crippen LogP contribution in [0.15, 0.2) is 36.9 Å². The molecule has 13 nitrogen and oxygen atoms in total. The molecular weight excluding hydrogens is 676 g/mol. The minimum absolute atomic E-state index is 0.0233. The van der Waals surface area contributed by atoms with E-state index in [9.17, 15) is 28.8 Å². The second kappa shape index (κ2) is 19.6. The van der Waals surface area contributed by atoms with E-state index in [1.165, 1.54) is 6.08 Å². The van der Waals surface area contributed by atoms with Crippen molar-refractivity contribution in [3.05, 3.63) is 48.0 Å². The predicted molar refractivity (Wildman–Crippen MR) is 204 cm³/mol. The molecule has 1 fully saturated rings. The van der Waals surface area contributed by atoms with Crippen molar-refractivity contribution in [2.45, 2.75) is 124 Å². The highest BCUT2D eigenvalue weighted by atomic mass is 16.5. The van der Waals surface area contributed by atoms with Crippen LogP contribution < -0.4 is 26.6 Å². The topological polar surface area (TPSA) is 175 Å². The molecule has 13 heteroatoms. The molecule has 53 heavy (non-hydrogen) atoms. The number of rotatable bonds is 17. The van der Waals surface area contributed by atoms with E-state index in [1.54, 1.807) is 4.90 Å². The number of likely N-dealkylation sites (tertiary alicyclic amines) is 1. The van der Waals surface area contributed by atoms with Crippen LogP contribution in [0.25, 0.3) is 0 Å². The van der Waals surface area contributed by atoms with Crippen molar-refractivity contribution >= 4 is 35.6 Å². The molecule has 294 valence electrons. The van der Waals surface area contributed by atoms with Crippen molar-refractivity contribution in [1.29, 1.82) is 0 Å². The van der Waals surface area contributed by atoms with Gasteiger partial charge in [-0.2, -0.15) is 0 Å². The van der Waals surface area contributed by atoms with Crippen LogP contribution in [0, 0.1) is 23.2 Å². The Balaban J connectivity index is 1.91. The number of nitrogens with one attached hydrogen (secondary N) is 5. The normalized spacial score (nSPS) is 18.8. The number of hydrogen-bond acceptors (Lipinski definition) is 7. The van der Waals surface area contributed by atoms with Gasteiger partial charge in [-0.25, -0.2) is 9.59 Å². The monoisotopic (exact) mass is 738 g/mol. The molecular formula is C40H62N6O7. The summed E-state index contributed by atoms with van der Waals surface area (Å²) < 4.78 is 5.43. The number of unbranched alkanes of at least 4 members (excludes halogenated alkanes) is 1. The van der Waals surface area contributed by atoms with E-state index in [2.05, 4.69) is 33.2 Å². The third kappa shape index (κ3) is 12.0. The molecule has 1 heterocycles. The van der Waals surface area contributed by atoms with Crippen LogP contribution in [0.1, 0.15) is 92.2 Å². The lowest BCUT2D eigenvalue weighted by molar-refractivity contribution is -0.144. The molecule has 1 aliphatic carbocycles. The Kier molecular flexibility index (Phi) is 15.9. The summed E-state index contributed by atoms with van der Waals surface area (Å²) in [5, 5.41) is 13.9. The second-order valence-corrected chi connectivity index (χ2v) is 16.1. The average Bonchev–Trinajstić information content (AvgIpc) is 3.73. The fourth-order valence-corrected chi connectivity index (χ4v) is 7.12. The molecule has 0 spiro atoms. The van der Waals surface area contributed by atoms with E-state index in [1.807, 2.05) is 79.7 Å². The zero-order valence-corrected chi connectivity index (χ0v) is 32.9. The molecule has 0 saturated carbocycles. The van der Waals surface area contributed by atoms with Gasteiger partial charge in [0.2, 0.25) is 17.6 Å². The molecule has 0 bridgehead atoms. The number of fused-ring (bicyclic) bond motifs is 1. The third-order valence-corrected chi connectivity index (χ3v) is 10.2. The first-order valence-electron chi connectivity index (χ1n) is 19.1. The third-order valence-electron chi connectivity index (χ3n) is 10.2. The van der Waals surface area contributed by atoms with E-state index in [-0.39, 0.29) is 55.8 Å². The Morgan fingerprint density at radius 1 is 0.962 bits per heavy atom. The Hall–Kier alpha value is -4.42. The number of ether oxygens (including phenoxy) is 1. The maximum atomic E-state index is 14.8. The first kappa shape index (κ1) is 43.0. The Labute approximate surface area is 315 Å². The van der Waals surface area contributed by atoms with Gasteiger partial charge in [-0.15, -0.1) is 6.58 Å². The number of amides is 6. The van der Waals surface area contributed by atoms with E-state index in [0.717, 1.165) is 17.5 Å². The molecule has 1 aromatic carbocycles. The van der Waals surface area contributed by atoms with Gasteiger partial charge in [0.05, 0.1) is 12.1 Å². The van der Waals surface area contributed by atoms with Crippen LogP contribution in [0.5, 0.6) is 0 Å². The number of carbonyl (C=O) groups is 6. The molecule has 5 atom stereocenters. The number of carbonyl (C=O) groups excluding carboxylic acids is 6. The highest BCUT2D eigenvalue weighted by Crippen LogP contribution is 2.35. The Morgan fingerprint density at radius 2 is 1.60 bits per heavy atom. The van der Waals surface area contributed by atoms with Gasteiger partial charge >= 0.3 is 12.1 Å². The summed E-state index contributed by atoms with van der Waals surface area (Å²) in [6.45, 7) is 19.2. The number of ketones is 1. The fourth-order valence-electron chi connectivity index (χ4n) is 7.12. The van der Waals surface area contributed by atoms with Gasteiger partial charge in [0.1, 0.15) is 18.7 Å². The van der Waals surface area contributed by atoms with Crippen LogP contribution in [0.4, 0.5) is 9.59 Å². The number of alkyl carbamates (subject to hydrolysis) is 1. The van der Waals surface area contributed by atoms with Crippen molar-refractivity contribution in [3.8, 4) is 0 Å². The molecule has 1 aromatic rings. The zero-order chi connectivity index (χ0) is 39.5. The number of nitrogens with zero attached hydrogens (tertiary/aromatic N) is 1. The average molecular weight is 739 g/mol. The van der Waals surface area contributed by atoms with Crippen LogP contribution in [-0.4, -0.2) is 90.4 Å². The van der Waals surface area contributed by atoms with Gasteiger partial charge in [0.25, 0.3) is 5.91 Å². The maximum Gasteiger partial charge on any atom is 0.407 e. The molecule has 6 amide bonds. The molecule has 0 aromatic heterocycles. The summed E-state index contributed by atoms with van der Waals surface area (Å²) in [5.74, 6) is -2.92. The van der Waals surface area contributed by atoms with Gasteiger partial charge in [-0.1, -0.05) is 84.7 Å². The van der Waals surface area contributed by atoms with Crippen molar-refractivity contribution in [2.75, 3.05) is 19.7 Å². The van der Waals surface area contributed by atoms with Crippen LogP contribution >= 0.6 is 0 Å². The van der Waals surface area contributed by atoms with Gasteiger partial charge in [0.15, 0.2) is 0 Å². The summed E-state index contributed by atoms with van der Waals surface area (Å²) in [5.41, 5.74) is 1.69. The number of benzene rings is 1. The molecule has 1 saturated heterocycles. The quantitative estimate of drug-likeness (QED) is 0.118. The standard InChI is InChI=1S/C40H62N6O7/c1-10-12-17-30(34(47)36(49)41-19-11-2)43-35(48)33-29(24(3)4)18-20-46(33)37(50)32(28-21-26-15-13-14-16-27(26)22-28)45-38(51)44-31(40(7,8)9)23-53-39(52)42-25(5)6/h11,13-16,24-25,28-33H,2,10,12,17-23H2,1,3-9H3,(H,41,49)(H,42,52)(H,43,48)(H2,44,45,51)/t29-,30-,31-,32?,33?/m1/s1. The van der Waals surface area contributed by atoms with Crippen LogP contribution in [0.2, 0.25) is 0 Å². The van der Waals surface area contributed by atoms with Gasteiger partial charge in [-0.05, 0) is 73.8 Å². The summed E-state index contributed by atoms with van der Waals surface area (Å²) >= 11 is 0. The van der Waals surface area contributed by atoms with Crippen molar-refractivity contribution < 1.29 is 33.5 Å². The minimum atomic E-state index is -1.05. The number of hydrogen-bond donors (Lipinski definition) is 5. The van der Waals surface area contributed by atoms with Gasteiger partial charge < -0.3 is 36.2 Å². The molecule has 1 aliphatic heterocycles. The fraction of sp³-hybridized carbons (Fsp3) is 0.650. The van der Waals surface area contributed by atoms with E-state index < -0.39 is 59.3 Å². The Bertz CT molecular complexity index is 1450. The summed E-state index contributed by atoms with van der Waals surface area (Å²) in [6.07, 6.45) is 4.18. The van der Waals surface area contributed by atoms with E-state index in [4.69, 9.17) is 4.74 Å². The van der Waals surface area contributed by atoms with Crippen molar-refractivity contribution in [1.82, 2.24) is 31.5 Å². The highest BCUT2D eigenvalue weighted by Gasteiger charge is 2.48. The summed E-state index contributed by atoms with van der Waals surface area (Å²) in [4.78, 5) is 82.5. The van der Waals surface area contributed by atoms with E-state index in [0.29, 0.717) is 25.7 Å². The second-order valence-electron chi connectivity index (χ2n) is 16.1. The molecule has 2 unspecified atom stereocenters. The van der Waals surface area contributed by atoms with Crippen LogP contribution in [0.3, 0.4) is 0 Å². The lowest BCUT2D eigenvalue weighted by Crippen LogP contribution is -2.61. The number of urea groups is 1. The molecule has 3 rings (SSSR count). The van der Waals surface area contributed by atoms with Crippen molar-refractivity contribution in [2.24, 2.45) is 23.2 Å². The molecule has 5 N–H and O–H groups in total. The summed E-state index contributed by atoms with van der Waals surface area (Å²) in [6, 6.07) is 3.67. The first-order chi connectivity index (χ1) is 25.0. The smallest absolute Gasteiger partial charge is 0.407 e. The predicted octanol–water partition coefficient (Wildman–Crippen LogP) is 4.04. The van der Waals surface area contributed by atoms with E-state index >= 15 is 0 Å². The minimum Gasteiger partial charge on any atom is -0.447 e. The largest absolute Gasteiger partial charge is 0.447 e. The van der Waals surface area contributed by atoms with Gasteiger partial charge in [-0.3, -0.25) is 19.2 Å². The molecule has 2 aliphatic rings. The lowest BCUT2D eigenvalue weighted by Gasteiger charge is -2.35. The highest BCUT2D eigenvalue weighted by molar-refractivity contribution is 6.38. The van der Waals surface area contributed by atoms with Gasteiger partial charge in [0, 0.05) is 19.1 Å². The van der Waals surface area contributed by atoms with Crippen molar-refractivity contribution in [3.63, 3.8) is 0 Å². The Morgan fingerprint density at radius 3 is 2.15 bits per heavy atom. The van der Waals surface area contributed by atoms with Crippen LogP contribution in [-0.2, 0) is 36.8 Å². The number of Topliss-reactive ketones (excluding diaryl/α,β-unsaturated/α-hetero) is 1. The first-order valence-corrected chi connectivity index (χ1v) is 19.1. The molecule has 0 radical (unpaired) electrons. The lowest BCUT2D eigenvalue weighted by atomic mass is 9.87. The zero-order valence-electron chi connectivity index (χ0n) is 32.9.